The maximum atomic E-state index is 5.54. The summed E-state index contributed by atoms with van der Waals surface area (Å²) in [5.74, 6) is 1.54. The number of hydrogen-bond acceptors (Lipinski definition) is 5. The zero-order valence-corrected chi connectivity index (χ0v) is 11.2. The van der Waals surface area contributed by atoms with Crippen LogP contribution in [0.2, 0.25) is 0 Å². The first-order valence-corrected chi connectivity index (χ1v) is 6.23. The monoisotopic (exact) mass is 262 g/mol. The van der Waals surface area contributed by atoms with Gasteiger partial charge in [0.05, 0.1) is 19.4 Å². The van der Waals surface area contributed by atoms with Crippen LogP contribution in [0.4, 0.5) is 0 Å². The standard InChI is InChI=1S/C14H18N2O3/c1-3-18-13-6-4-5-11(14(13)17-2)9-15-10-12-7-8-19-16-12/h4-8,15H,3,9-10H2,1-2H3. The first-order chi connectivity index (χ1) is 9.35. The smallest absolute Gasteiger partial charge is 0.165 e. The lowest BCUT2D eigenvalue weighted by Gasteiger charge is -2.13. The van der Waals surface area contributed by atoms with E-state index < -0.39 is 0 Å². The van der Waals surface area contributed by atoms with Crippen molar-refractivity contribution in [2.24, 2.45) is 0 Å². The van der Waals surface area contributed by atoms with E-state index in [-0.39, 0.29) is 0 Å². The number of methoxy groups -OCH3 is 1. The molecule has 0 bridgehead atoms. The van der Waals surface area contributed by atoms with Gasteiger partial charge in [-0.3, -0.25) is 0 Å². The number of nitrogens with one attached hydrogen (secondary N) is 1. The van der Waals surface area contributed by atoms with Crippen LogP contribution in [0.25, 0.3) is 0 Å². The molecule has 5 nitrogen and oxygen atoms in total. The Morgan fingerprint density at radius 2 is 2.16 bits per heavy atom. The van der Waals surface area contributed by atoms with Crippen molar-refractivity contribution in [1.82, 2.24) is 10.5 Å². The molecule has 2 aromatic rings. The van der Waals surface area contributed by atoms with Gasteiger partial charge in [0.25, 0.3) is 0 Å². The van der Waals surface area contributed by atoms with Gasteiger partial charge in [-0.1, -0.05) is 17.3 Å². The molecule has 0 aliphatic heterocycles. The summed E-state index contributed by atoms with van der Waals surface area (Å²) < 4.78 is 15.7. The Kier molecular flexibility index (Phi) is 4.80. The van der Waals surface area contributed by atoms with Crippen LogP contribution in [-0.2, 0) is 13.1 Å². The summed E-state index contributed by atoms with van der Waals surface area (Å²) in [6.07, 6.45) is 1.56. The summed E-state index contributed by atoms with van der Waals surface area (Å²) >= 11 is 0. The molecule has 1 aromatic carbocycles. The highest BCUT2D eigenvalue weighted by molar-refractivity contribution is 5.46. The molecule has 0 unspecified atom stereocenters. The van der Waals surface area contributed by atoms with Gasteiger partial charge in [0, 0.05) is 24.7 Å². The Labute approximate surface area is 112 Å². The van der Waals surface area contributed by atoms with Crippen molar-refractivity contribution in [3.63, 3.8) is 0 Å². The number of hydrogen-bond donors (Lipinski definition) is 1. The summed E-state index contributed by atoms with van der Waals surface area (Å²) in [5.41, 5.74) is 1.93. The van der Waals surface area contributed by atoms with E-state index >= 15 is 0 Å². The van der Waals surface area contributed by atoms with Crippen molar-refractivity contribution in [3.8, 4) is 11.5 Å². The minimum Gasteiger partial charge on any atom is -0.493 e. The molecule has 5 heteroatoms. The molecule has 0 saturated carbocycles. The van der Waals surface area contributed by atoms with E-state index in [2.05, 4.69) is 10.5 Å². The average molecular weight is 262 g/mol. The molecular weight excluding hydrogens is 244 g/mol. The fourth-order valence-electron chi connectivity index (χ4n) is 1.86. The Morgan fingerprint density at radius 1 is 1.26 bits per heavy atom. The third-order valence-electron chi connectivity index (χ3n) is 2.68. The molecule has 2 rings (SSSR count). The molecule has 0 fully saturated rings. The number of ether oxygens (including phenoxy) is 2. The van der Waals surface area contributed by atoms with Crippen LogP contribution in [-0.4, -0.2) is 18.9 Å². The maximum absolute atomic E-state index is 5.54. The van der Waals surface area contributed by atoms with E-state index in [1.807, 2.05) is 31.2 Å². The molecule has 0 radical (unpaired) electrons. The first-order valence-electron chi connectivity index (χ1n) is 6.23. The zero-order valence-electron chi connectivity index (χ0n) is 11.2. The lowest BCUT2D eigenvalue weighted by atomic mass is 10.2. The minimum absolute atomic E-state index is 0.617. The summed E-state index contributed by atoms with van der Waals surface area (Å²) in [7, 11) is 1.65. The highest BCUT2D eigenvalue weighted by Crippen LogP contribution is 2.30. The molecule has 0 saturated heterocycles. The van der Waals surface area contributed by atoms with Crippen LogP contribution in [0.3, 0.4) is 0 Å². The van der Waals surface area contributed by atoms with Gasteiger partial charge < -0.3 is 19.3 Å². The van der Waals surface area contributed by atoms with Crippen molar-refractivity contribution in [1.29, 1.82) is 0 Å². The first kappa shape index (κ1) is 13.4. The zero-order chi connectivity index (χ0) is 13.5. The van der Waals surface area contributed by atoms with Gasteiger partial charge in [0.15, 0.2) is 11.5 Å². The van der Waals surface area contributed by atoms with Crippen LogP contribution in [0.15, 0.2) is 35.1 Å². The second kappa shape index (κ2) is 6.80. The van der Waals surface area contributed by atoms with Crippen LogP contribution in [0.5, 0.6) is 11.5 Å². The van der Waals surface area contributed by atoms with Gasteiger partial charge in [-0.15, -0.1) is 0 Å². The predicted molar refractivity (Wildman–Crippen MR) is 71.2 cm³/mol. The number of para-hydroxylation sites is 1. The lowest BCUT2D eigenvalue weighted by Crippen LogP contribution is -2.14. The van der Waals surface area contributed by atoms with Gasteiger partial charge in [-0.25, -0.2) is 0 Å². The second-order valence-electron chi connectivity index (χ2n) is 3.98. The van der Waals surface area contributed by atoms with E-state index in [0.29, 0.717) is 19.7 Å². The van der Waals surface area contributed by atoms with E-state index in [0.717, 1.165) is 22.8 Å². The highest BCUT2D eigenvalue weighted by atomic mass is 16.5. The van der Waals surface area contributed by atoms with Crippen molar-refractivity contribution in [2.45, 2.75) is 20.0 Å². The van der Waals surface area contributed by atoms with Gasteiger partial charge in [-0.2, -0.15) is 0 Å². The number of nitrogens with zero attached hydrogens (tertiary/aromatic N) is 1. The Morgan fingerprint density at radius 3 is 2.84 bits per heavy atom. The van der Waals surface area contributed by atoms with Crippen LogP contribution >= 0.6 is 0 Å². The highest BCUT2D eigenvalue weighted by Gasteiger charge is 2.09. The van der Waals surface area contributed by atoms with E-state index in [9.17, 15) is 0 Å². The van der Waals surface area contributed by atoms with E-state index in [1.54, 1.807) is 13.4 Å². The molecule has 0 spiro atoms. The van der Waals surface area contributed by atoms with Crippen molar-refractivity contribution < 1.29 is 14.0 Å². The Hall–Kier alpha value is -2.01. The summed E-state index contributed by atoms with van der Waals surface area (Å²) in [6, 6.07) is 7.71. The second-order valence-corrected chi connectivity index (χ2v) is 3.98. The summed E-state index contributed by atoms with van der Waals surface area (Å²) in [5, 5.41) is 7.13. The van der Waals surface area contributed by atoms with Crippen molar-refractivity contribution in [2.75, 3.05) is 13.7 Å². The predicted octanol–water partition coefficient (Wildman–Crippen LogP) is 2.37. The third-order valence-corrected chi connectivity index (χ3v) is 2.68. The van der Waals surface area contributed by atoms with Crippen LogP contribution in [0.1, 0.15) is 18.2 Å². The molecule has 1 N–H and O–H groups in total. The van der Waals surface area contributed by atoms with Crippen molar-refractivity contribution >= 4 is 0 Å². The normalized spacial score (nSPS) is 10.4. The Balaban J connectivity index is 2.00. The van der Waals surface area contributed by atoms with E-state index in [1.165, 1.54) is 0 Å². The van der Waals surface area contributed by atoms with Crippen LogP contribution in [0, 0.1) is 0 Å². The van der Waals surface area contributed by atoms with Crippen LogP contribution < -0.4 is 14.8 Å². The van der Waals surface area contributed by atoms with Gasteiger partial charge in [-0.05, 0) is 13.0 Å². The fourth-order valence-corrected chi connectivity index (χ4v) is 1.86. The molecule has 1 heterocycles. The molecule has 1 aromatic heterocycles. The lowest BCUT2D eigenvalue weighted by molar-refractivity contribution is 0.308. The topological polar surface area (TPSA) is 56.5 Å². The molecule has 0 amide bonds. The molecule has 19 heavy (non-hydrogen) atoms. The number of aromatic nitrogens is 1. The SMILES string of the molecule is CCOc1cccc(CNCc2ccon2)c1OC. The fraction of sp³-hybridized carbons (Fsp3) is 0.357. The number of rotatable bonds is 7. The van der Waals surface area contributed by atoms with E-state index in [4.69, 9.17) is 14.0 Å². The average Bonchev–Trinajstić information content (AvgIpc) is 2.93. The van der Waals surface area contributed by atoms with Gasteiger partial charge in [0.1, 0.15) is 6.26 Å². The molecule has 102 valence electrons. The third kappa shape index (κ3) is 3.48. The maximum Gasteiger partial charge on any atom is 0.165 e. The molecule has 0 aliphatic rings. The van der Waals surface area contributed by atoms with Crippen molar-refractivity contribution in [3.05, 3.63) is 41.8 Å². The van der Waals surface area contributed by atoms with Gasteiger partial charge in [0.2, 0.25) is 0 Å². The van der Waals surface area contributed by atoms with Gasteiger partial charge >= 0.3 is 0 Å². The summed E-state index contributed by atoms with van der Waals surface area (Å²) in [4.78, 5) is 0. The summed E-state index contributed by atoms with van der Waals surface area (Å²) in [6.45, 7) is 3.90. The molecular formula is C14H18N2O3. The number of benzene rings is 1. The molecule has 0 aliphatic carbocycles. The quantitative estimate of drug-likeness (QED) is 0.830. The minimum atomic E-state index is 0.617. The molecule has 0 atom stereocenters. The Bertz CT molecular complexity index is 497. The largest absolute Gasteiger partial charge is 0.493 e.